The van der Waals surface area contributed by atoms with Gasteiger partial charge in [-0.2, -0.15) is 0 Å². The van der Waals surface area contributed by atoms with Crippen molar-refractivity contribution in [3.8, 4) is 16.5 Å². The number of aromatic hydroxyl groups is 1. The Morgan fingerprint density at radius 2 is 1.94 bits per heavy atom. The van der Waals surface area contributed by atoms with Crippen LogP contribution < -0.4 is 0 Å². The van der Waals surface area contributed by atoms with Gasteiger partial charge in [0, 0.05) is 18.0 Å². The minimum absolute atomic E-state index is 0. The van der Waals surface area contributed by atoms with Crippen LogP contribution in [0.15, 0.2) is 24.5 Å². The number of hydrogen-bond donors (Lipinski definition) is 2. The SMILES string of the molecule is Cl.O=C(O)c1sc(-c2ccncc2)nc1O. The third-order valence-corrected chi connectivity index (χ3v) is 2.81. The van der Waals surface area contributed by atoms with Gasteiger partial charge >= 0.3 is 5.97 Å². The summed E-state index contributed by atoms with van der Waals surface area (Å²) in [6.45, 7) is 0. The van der Waals surface area contributed by atoms with Crippen LogP contribution in [0.3, 0.4) is 0 Å². The Labute approximate surface area is 101 Å². The molecule has 0 saturated carbocycles. The Morgan fingerprint density at radius 3 is 2.44 bits per heavy atom. The maximum Gasteiger partial charge on any atom is 0.351 e. The Hall–Kier alpha value is -1.66. The number of rotatable bonds is 2. The molecule has 0 aromatic carbocycles. The molecule has 5 nitrogen and oxygen atoms in total. The summed E-state index contributed by atoms with van der Waals surface area (Å²) in [7, 11) is 0. The van der Waals surface area contributed by atoms with E-state index in [2.05, 4.69) is 9.97 Å². The van der Waals surface area contributed by atoms with Crippen LogP contribution in [-0.4, -0.2) is 26.2 Å². The van der Waals surface area contributed by atoms with Crippen molar-refractivity contribution in [3.05, 3.63) is 29.4 Å². The molecule has 0 saturated heterocycles. The van der Waals surface area contributed by atoms with Crippen LogP contribution >= 0.6 is 23.7 Å². The highest BCUT2D eigenvalue weighted by Crippen LogP contribution is 2.31. The lowest BCUT2D eigenvalue weighted by molar-refractivity contribution is 0.0699. The van der Waals surface area contributed by atoms with Gasteiger partial charge in [0.2, 0.25) is 5.88 Å². The zero-order valence-corrected chi connectivity index (χ0v) is 9.46. The van der Waals surface area contributed by atoms with Crippen LogP contribution in [-0.2, 0) is 0 Å². The molecule has 2 heterocycles. The lowest BCUT2D eigenvalue weighted by atomic mass is 10.3. The average Bonchev–Trinajstić information content (AvgIpc) is 2.62. The largest absolute Gasteiger partial charge is 0.492 e. The number of pyridine rings is 1. The van der Waals surface area contributed by atoms with Gasteiger partial charge in [0.1, 0.15) is 5.01 Å². The molecule has 0 amide bonds. The molecule has 0 fully saturated rings. The fraction of sp³-hybridized carbons (Fsp3) is 0. The van der Waals surface area contributed by atoms with E-state index in [0.29, 0.717) is 5.01 Å². The highest BCUT2D eigenvalue weighted by atomic mass is 35.5. The quantitative estimate of drug-likeness (QED) is 0.861. The first kappa shape index (κ1) is 12.4. The summed E-state index contributed by atoms with van der Waals surface area (Å²) >= 11 is 0.932. The molecule has 0 aliphatic carbocycles. The summed E-state index contributed by atoms with van der Waals surface area (Å²) in [6.07, 6.45) is 3.16. The Bertz CT molecular complexity index is 501. The number of aromatic nitrogens is 2. The molecule has 2 aromatic rings. The van der Waals surface area contributed by atoms with E-state index in [1.165, 1.54) is 0 Å². The molecule has 16 heavy (non-hydrogen) atoms. The monoisotopic (exact) mass is 258 g/mol. The van der Waals surface area contributed by atoms with Crippen molar-refractivity contribution in [2.75, 3.05) is 0 Å². The normalized spacial score (nSPS) is 9.50. The lowest BCUT2D eigenvalue weighted by Gasteiger charge is -1.91. The van der Waals surface area contributed by atoms with Gasteiger partial charge in [-0.05, 0) is 12.1 Å². The smallest absolute Gasteiger partial charge is 0.351 e. The van der Waals surface area contributed by atoms with Crippen LogP contribution in [0, 0.1) is 0 Å². The fourth-order valence-electron chi connectivity index (χ4n) is 1.07. The maximum absolute atomic E-state index is 10.7. The van der Waals surface area contributed by atoms with Crippen molar-refractivity contribution in [3.63, 3.8) is 0 Å². The van der Waals surface area contributed by atoms with E-state index in [4.69, 9.17) is 5.11 Å². The average molecular weight is 259 g/mol. The molecule has 7 heteroatoms. The van der Waals surface area contributed by atoms with Crippen LogP contribution in [0.4, 0.5) is 0 Å². The summed E-state index contributed by atoms with van der Waals surface area (Å²) < 4.78 is 0. The van der Waals surface area contributed by atoms with Crippen molar-refractivity contribution in [1.29, 1.82) is 0 Å². The molecule has 2 N–H and O–H groups in total. The van der Waals surface area contributed by atoms with Gasteiger partial charge in [0.05, 0.1) is 0 Å². The van der Waals surface area contributed by atoms with E-state index in [-0.39, 0.29) is 17.3 Å². The molecule has 2 rings (SSSR count). The third-order valence-electron chi connectivity index (χ3n) is 1.73. The van der Waals surface area contributed by atoms with Crippen molar-refractivity contribution in [1.82, 2.24) is 9.97 Å². The number of carboxylic acids is 1. The van der Waals surface area contributed by atoms with Gasteiger partial charge in [-0.15, -0.1) is 23.7 Å². The summed E-state index contributed by atoms with van der Waals surface area (Å²) in [5.41, 5.74) is 0.734. The molecule has 0 aliphatic heterocycles. The number of aromatic carboxylic acids is 1. The second-order valence-corrected chi connectivity index (χ2v) is 3.71. The number of hydrogen-bond acceptors (Lipinski definition) is 5. The van der Waals surface area contributed by atoms with E-state index in [1.807, 2.05) is 0 Å². The van der Waals surface area contributed by atoms with Gasteiger partial charge in [0.15, 0.2) is 4.88 Å². The molecule has 0 atom stereocenters. The maximum atomic E-state index is 10.7. The zero-order valence-electron chi connectivity index (χ0n) is 7.82. The number of nitrogens with zero attached hydrogens (tertiary/aromatic N) is 2. The molecular weight excluding hydrogens is 252 g/mol. The van der Waals surface area contributed by atoms with Gasteiger partial charge in [-0.25, -0.2) is 9.78 Å². The Kier molecular flexibility index (Phi) is 3.81. The van der Waals surface area contributed by atoms with E-state index in [9.17, 15) is 9.90 Å². The first-order chi connectivity index (χ1) is 7.18. The summed E-state index contributed by atoms with van der Waals surface area (Å²) in [6, 6.07) is 3.40. The number of halogens is 1. The second-order valence-electron chi connectivity index (χ2n) is 2.71. The molecule has 0 bridgehead atoms. The summed E-state index contributed by atoms with van der Waals surface area (Å²) in [5, 5.41) is 18.5. The van der Waals surface area contributed by atoms with Crippen LogP contribution in [0.1, 0.15) is 9.67 Å². The Balaban J connectivity index is 0.00000128. The molecule has 0 aliphatic rings. The first-order valence-corrected chi connectivity index (χ1v) is 4.83. The second kappa shape index (κ2) is 4.91. The molecule has 0 unspecified atom stereocenters. The topological polar surface area (TPSA) is 83.3 Å². The molecule has 0 radical (unpaired) electrons. The van der Waals surface area contributed by atoms with Crippen molar-refractivity contribution in [2.24, 2.45) is 0 Å². The molecule has 84 valence electrons. The van der Waals surface area contributed by atoms with E-state index in [1.54, 1.807) is 24.5 Å². The number of thiazole rings is 1. The van der Waals surface area contributed by atoms with Crippen LogP contribution in [0.25, 0.3) is 10.6 Å². The van der Waals surface area contributed by atoms with Crippen LogP contribution in [0.2, 0.25) is 0 Å². The van der Waals surface area contributed by atoms with E-state index < -0.39 is 11.8 Å². The standard InChI is InChI=1S/C9H6N2O3S.ClH/c12-7-6(9(13)14)15-8(11-7)5-1-3-10-4-2-5;/h1-4,12H,(H,13,14);1H. The van der Waals surface area contributed by atoms with Gasteiger partial charge in [0.25, 0.3) is 0 Å². The molecule has 0 spiro atoms. The molecule has 2 aromatic heterocycles. The fourth-order valence-corrected chi connectivity index (χ4v) is 1.87. The number of carboxylic acid groups (broad SMARTS) is 1. The van der Waals surface area contributed by atoms with Gasteiger partial charge in [-0.3, -0.25) is 4.98 Å². The van der Waals surface area contributed by atoms with Crippen molar-refractivity contribution < 1.29 is 15.0 Å². The first-order valence-electron chi connectivity index (χ1n) is 4.02. The predicted molar refractivity (Wildman–Crippen MR) is 61.2 cm³/mol. The van der Waals surface area contributed by atoms with Crippen LogP contribution in [0.5, 0.6) is 5.88 Å². The summed E-state index contributed by atoms with van der Waals surface area (Å²) in [4.78, 5) is 18.1. The lowest BCUT2D eigenvalue weighted by Crippen LogP contribution is -1.91. The predicted octanol–water partition coefficient (Wildman–Crippen LogP) is 2.03. The van der Waals surface area contributed by atoms with Gasteiger partial charge < -0.3 is 10.2 Å². The summed E-state index contributed by atoms with van der Waals surface area (Å²) in [5.74, 6) is -1.62. The van der Waals surface area contributed by atoms with Gasteiger partial charge in [-0.1, -0.05) is 0 Å². The zero-order chi connectivity index (χ0) is 10.8. The van der Waals surface area contributed by atoms with E-state index >= 15 is 0 Å². The molecular formula is C9H7ClN2O3S. The van der Waals surface area contributed by atoms with Crippen molar-refractivity contribution in [2.45, 2.75) is 0 Å². The highest BCUT2D eigenvalue weighted by molar-refractivity contribution is 7.17. The Morgan fingerprint density at radius 1 is 1.31 bits per heavy atom. The van der Waals surface area contributed by atoms with Crippen molar-refractivity contribution >= 4 is 29.7 Å². The minimum atomic E-state index is -1.18. The minimum Gasteiger partial charge on any atom is -0.492 e. The number of carbonyl (C=O) groups is 1. The highest BCUT2D eigenvalue weighted by Gasteiger charge is 2.17. The third kappa shape index (κ3) is 2.29. The van der Waals surface area contributed by atoms with E-state index in [0.717, 1.165) is 16.9 Å².